The zero-order valence-electron chi connectivity index (χ0n) is 16.7. The van der Waals surface area contributed by atoms with Gasteiger partial charge in [0.05, 0.1) is 5.54 Å². The van der Waals surface area contributed by atoms with Crippen LogP contribution in [0.2, 0.25) is 16.1 Å². The fraction of sp³-hybridized carbons (Fsp3) is 0.947. The van der Waals surface area contributed by atoms with Gasteiger partial charge in [-0.15, -0.1) is 0 Å². The van der Waals surface area contributed by atoms with Gasteiger partial charge in [0.25, 0.3) is 0 Å². The Kier molecular flexibility index (Phi) is 4.46. The van der Waals surface area contributed by atoms with Gasteiger partial charge in [0.15, 0.2) is 0 Å². The van der Waals surface area contributed by atoms with Gasteiger partial charge in [0.2, 0.25) is 0 Å². The van der Waals surface area contributed by atoms with Crippen LogP contribution < -0.4 is 0 Å². The average molecular weight is 310 g/mol. The van der Waals surface area contributed by atoms with Gasteiger partial charge in [0, 0.05) is 5.33 Å². The maximum absolute atomic E-state index is 5.33. The molecule has 0 amide bonds. The lowest BCUT2D eigenvalue weighted by Gasteiger charge is -2.64. The van der Waals surface area contributed by atoms with Crippen LogP contribution in [0.1, 0.15) is 83.1 Å². The third kappa shape index (κ3) is 3.30. The molecule has 1 unspecified atom stereocenters. The number of aliphatic imine (C=N–C) groups is 1. The summed E-state index contributed by atoms with van der Waals surface area (Å²) in [6, 6.07) is 1.40. The Morgan fingerprint density at radius 2 is 1.14 bits per heavy atom. The molecule has 1 aliphatic heterocycles. The van der Waals surface area contributed by atoms with Crippen molar-refractivity contribution in [3.05, 3.63) is 0 Å². The third-order valence-electron chi connectivity index (χ3n) is 5.34. The monoisotopic (exact) mass is 309 g/mol. The molecule has 1 saturated heterocycles. The molecule has 1 fully saturated rings. The van der Waals surface area contributed by atoms with Gasteiger partial charge in [-0.2, -0.15) is 0 Å². The molecule has 1 aliphatic rings. The molecule has 1 atom stereocenters. The second-order valence-corrected chi connectivity index (χ2v) is 16.9. The van der Waals surface area contributed by atoms with E-state index < -0.39 is 8.07 Å². The van der Waals surface area contributed by atoms with Crippen LogP contribution in [0.15, 0.2) is 4.99 Å². The molecule has 0 aromatic carbocycles. The highest BCUT2D eigenvalue weighted by molar-refractivity contribution is 7.14. The predicted molar refractivity (Wildman–Crippen MR) is 100 cm³/mol. The highest BCUT2D eigenvalue weighted by atomic mass is 28.3. The van der Waals surface area contributed by atoms with E-state index >= 15 is 0 Å². The first-order chi connectivity index (χ1) is 8.93. The molecule has 1 rings (SSSR count). The van der Waals surface area contributed by atoms with E-state index in [1.54, 1.807) is 5.33 Å². The zero-order valence-corrected chi connectivity index (χ0v) is 17.7. The van der Waals surface area contributed by atoms with E-state index in [0.717, 1.165) is 0 Å². The molecule has 21 heavy (non-hydrogen) atoms. The highest BCUT2D eigenvalue weighted by Crippen LogP contribution is 2.64. The lowest BCUT2D eigenvalue weighted by atomic mass is 9.81. The van der Waals surface area contributed by atoms with Gasteiger partial charge < -0.3 is 0 Å². The Bertz CT molecular complexity index is 404. The van der Waals surface area contributed by atoms with E-state index in [0.29, 0.717) is 21.4 Å². The van der Waals surface area contributed by atoms with Gasteiger partial charge in [-0.3, -0.25) is 4.99 Å². The Hall–Kier alpha value is -0.113. The fourth-order valence-electron chi connectivity index (χ4n) is 4.43. The number of hydrogen-bond donors (Lipinski definition) is 0. The van der Waals surface area contributed by atoms with Crippen molar-refractivity contribution >= 4 is 13.4 Å². The van der Waals surface area contributed by atoms with E-state index in [9.17, 15) is 0 Å². The molecule has 124 valence electrons. The van der Waals surface area contributed by atoms with Gasteiger partial charge in [-0.05, 0) is 48.2 Å². The first kappa shape index (κ1) is 18.9. The summed E-state index contributed by atoms with van der Waals surface area (Å²) < 4.78 is 0. The Balaban J connectivity index is 3.52. The molecule has 0 aromatic rings. The van der Waals surface area contributed by atoms with Gasteiger partial charge in [-0.25, -0.2) is 0 Å². The summed E-state index contributed by atoms with van der Waals surface area (Å²) in [6.07, 6.45) is 0. The largest absolute Gasteiger partial charge is 0.293 e. The van der Waals surface area contributed by atoms with E-state index in [1.165, 1.54) is 6.04 Å². The quantitative estimate of drug-likeness (QED) is 0.453. The molecule has 2 heteroatoms. The van der Waals surface area contributed by atoms with Gasteiger partial charge >= 0.3 is 0 Å². The van der Waals surface area contributed by atoms with Gasteiger partial charge in [0.1, 0.15) is 8.07 Å². The second-order valence-electron chi connectivity index (χ2n) is 11.2. The molecule has 0 bridgehead atoms. The van der Waals surface area contributed by atoms with E-state index in [2.05, 4.69) is 83.1 Å². The Labute approximate surface area is 135 Å². The maximum Gasteiger partial charge on any atom is 0.116 e. The van der Waals surface area contributed by atoms with Crippen molar-refractivity contribution in [2.75, 3.05) is 0 Å². The fourth-order valence-corrected chi connectivity index (χ4v) is 12.4. The van der Waals surface area contributed by atoms with Crippen LogP contribution in [-0.2, 0) is 0 Å². The van der Waals surface area contributed by atoms with Crippen LogP contribution in [-0.4, -0.2) is 18.9 Å². The van der Waals surface area contributed by atoms with Crippen LogP contribution in [0.3, 0.4) is 0 Å². The lowest BCUT2D eigenvalue weighted by molar-refractivity contribution is 0.310. The summed E-state index contributed by atoms with van der Waals surface area (Å²) >= 11 is 0. The van der Waals surface area contributed by atoms with Crippen molar-refractivity contribution in [1.82, 2.24) is 0 Å². The number of nitrogens with zero attached hydrogens (tertiary/aromatic N) is 1. The molecular formula is C19H39NSi. The normalized spacial score (nSPS) is 25.9. The standard InChI is InChI=1S/C19H39NSi/c1-16(2,3)14-13-21(18(7,8)9,19(10,11)12)15(14)20-17(4,5)6/h14H,13H2,1-12H3. The topological polar surface area (TPSA) is 12.4 Å². The average Bonchev–Trinajstić information content (AvgIpc) is 2.03. The van der Waals surface area contributed by atoms with Crippen molar-refractivity contribution < 1.29 is 0 Å². The predicted octanol–water partition coefficient (Wildman–Crippen LogP) is 6.49. The minimum Gasteiger partial charge on any atom is -0.293 e. The van der Waals surface area contributed by atoms with Crippen molar-refractivity contribution in [3.63, 3.8) is 0 Å². The molecule has 1 heterocycles. The van der Waals surface area contributed by atoms with Crippen LogP contribution in [0, 0.1) is 11.3 Å². The molecular weight excluding hydrogens is 270 g/mol. The number of hydrogen-bond acceptors (Lipinski definition) is 1. The summed E-state index contributed by atoms with van der Waals surface area (Å²) in [4.78, 5) is 5.33. The van der Waals surface area contributed by atoms with E-state index in [4.69, 9.17) is 4.99 Å². The SMILES string of the molecule is CC(C)(C)N=C1C(C(C)(C)C)C[Si]1(C(C)(C)C)C(C)(C)C. The van der Waals surface area contributed by atoms with E-state index in [-0.39, 0.29) is 5.54 Å². The minimum absolute atomic E-state index is 0.0357. The van der Waals surface area contributed by atoms with Crippen LogP contribution in [0.25, 0.3) is 0 Å². The van der Waals surface area contributed by atoms with Crippen LogP contribution >= 0.6 is 0 Å². The van der Waals surface area contributed by atoms with Crippen LogP contribution in [0.5, 0.6) is 0 Å². The van der Waals surface area contributed by atoms with Crippen molar-refractivity contribution in [1.29, 1.82) is 0 Å². The lowest BCUT2D eigenvalue weighted by Crippen LogP contribution is -2.71. The third-order valence-corrected chi connectivity index (χ3v) is 12.8. The molecule has 0 aliphatic carbocycles. The molecule has 0 saturated carbocycles. The van der Waals surface area contributed by atoms with Crippen molar-refractivity contribution in [2.45, 2.75) is 105 Å². The number of rotatable bonds is 0. The molecule has 0 aromatic heterocycles. The zero-order chi connectivity index (χ0) is 17.1. The Morgan fingerprint density at radius 1 is 0.762 bits per heavy atom. The first-order valence-corrected chi connectivity index (χ1v) is 10.7. The van der Waals surface area contributed by atoms with Crippen molar-refractivity contribution in [3.8, 4) is 0 Å². The summed E-state index contributed by atoms with van der Waals surface area (Å²) in [5.41, 5.74) is 0.366. The minimum atomic E-state index is -1.61. The molecule has 0 spiro atoms. The highest BCUT2D eigenvalue weighted by Gasteiger charge is 2.66. The first-order valence-electron chi connectivity index (χ1n) is 8.54. The molecule has 1 nitrogen and oxygen atoms in total. The van der Waals surface area contributed by atoms with Gasteiger partial charge in [-0.1, -0.05) is 62.3 Å². The van der Waals surface area contributed by atoms with Crippen molar-refractivity contribution in [2.24, 2.45) is 16.3 Å². The summed E-state index contributed by atoms with van der Waals surface area (Å²) in [7, 11) is -1.61. The summed E-state index contributed by atoms with van der Waals surface area (Å²) in [6.45, 7) is 28.7. The molecule has 0 N–H and O–H groups in total. The maximum atomic E-state index is 5.33. The summed E-state index contributed by atoms with van der Waals surface area (Å²) in [5.74, 6) is 0.668. The smallest absolute Gasteiger partial charge is 0.116 e. The van der Waals surface area contributed by atoms with E-state index in [1.807, 2.05) is 0 Å². The summed E-state index contributed by atoms with van der Waals surface area (Å²) in [5, 5.41) is 2.36. The van der Waals surface area contributed by atoms with Crippen LogP contribution in [0.4, 0.5) is 0 Å². The molecule has 0 radical (unpaired) electrons. The second kappa shape index (κ2) is 4.94. The Morgan fingerprint density at radius 3 is 1.38 bits per heavy atom.